The molecule has 0 bridgehead atoms. The summed E-state index contributed by atoms with van der Waals surface area (Å²) < 4.78 is 4.90. The molecule has 2 rings (SSSR count). The van der Waals surface area contributed by atoms with Gasteiger partial charge in [0.15, 0.2) is 11.2 Å². The second-order valence-corrected chi connectivity index (χ2v) is 5.91. The number of Topliss-reactive ketones (excluding diaryl/α,β-unsaturated/α-hetero) is 1. The van der Waals surface area contributed by atoms with Crippen LogP contribution in [0.3, 0.4) is 0 Å². The molecule has 2 aromatic carbocycles. The van der Waals surface area contributed by atoms with Gasteiger partial charge in [-0.15, -0.1) is 0 Å². The molecule has 4 heteroatoms. The number of carbonyl (C=O) groups excluding carboxylic acids is 2. The van der Waals surface area contributed by atoms with Crippen LogP contribution in [-0.2, 0) is 25.2 Å². The van der Waals surface area contributed by atoms with E-state index in [0.717, 1.165) is 0 Å². The van der Waals surface area contributed by atoms with Crippen LogP contribution in [0.4, 0.5) is 0 Å². The highest BCUT2D eigenvalue weighted by atomic mass is 16.5. The van der Waals surface area contributed by atoms with Gasteiger partial charge in [0, 0.05) is 0 Å². The van der Waals surface area contributed by atoms with Gasteiger partial charge in [0.25, 0.3) is 0 Å². The average molecular weight is 321 g/mol. The van der Waals surface area contributed by atoms with Gasteiger partial charge in [-0.05, 0) is 25.0 Å². The number of carbonyl (C=O) groups is 2. The normalized spacial score (nSPS) is 15.4. The van der Waals surface area contributed by atoms with Gasteiger partial charge in [0.05, 0.1) is 13.2 Å². The zero-order chi connectivity index (χ0) is 17.8. The van der Waals surface area contributed by atoms with Gasteiger partial charge in [-0.1, -0.05) is 60.7 Å². The van der Waals surface area contributed by atoms with Crippen molar-refractivity contribution in [2.24, 2.45) is 0 Å². The van der Waals surface area contributed by atoms with Gasteiger partial charge in [-0.25, -0.2) is 0 Å². The van der Waals surface area contributed by atoms with Crippen molar-refractivity contribution in [2.75, 3.05) is 7.11 Å². The Morgan fingerprint density at radius 2 is 1.38 bits per heavy atom. The fourth-order valence-corrected chi connectivity index (χ4v) is 2.84. The molecule has 0 saturated heterocycles. The maximum absolute atomic E-state index is 13.4. The van der Waals surface area contributed by atoms with Crippen molar-refractivity contribution in [3.05, 3.63) is 71.8 Å². The zero-order valence-corrected chi connectivity index (χ0v) is 13.9. The second-order valence-electron chi connectivity index (χ2n) is 5.91. The largest absolute Gasteiger partial charge is 0.468 e. The molecule has 0 saturated carbocycles. The third-order valence-corrected chi connectivity index (χ3v) is 4.43. The maximum Gasteiger partial charge on any atom is 0.323 e. The van der Waals surface area contributed by atoms with Gasteiger partial charge in [-0.3, -0.25) is 9.59 Å². The summed E-state index contributed by atoms with van der Waals surface area (Å²) in [5.41, 5.74) is -2.00. The number of esters is 1. The lowest BCUT2D eigenvalue weighted by Crippen LogP contribution is -2.50. The Balaban J connectivity index is 2.65. The van der Waals surface area contributed by atoms with Gasteiger partial charge < -0.3 is 4.74 Å². The van der Waals surface area contributed by atoms with E-state index >= 15 is 0 Å². The van der Waals surface area contributed by atoms with Crippen LogP contribution in [0, 0.1) is 11.3 Å². The van der Waals surface area contributed by atoms with Crippen molar-refractivity contribution in [3.63, 3.8) is 0 Å². The van der Waals surface area contributed by atoms with Gasteiger partial charge in [0.1, 0.15) is 5.41 Å². The Morgan fingerprint density at radius 1 is 0.917 bits per heavy atom. The van der Waals surface area contributed by atoms with Crippen LogP contribution in [0.1, 0.15) is 25.0 Å². The zero-order valence-electron chi connectivity index (χ0n) is 13.9. The number of ether oxygens (including phenoxy) is 1. The minimum Gasteiger partial charge on any atom is -0.468 e. The van der Waals surface area contributed by atoms with Crippen LogP contribution < -0.4 is 0 Å². The molecule has 2 atom stereocenters. The number of hydrogen-bond donors (Lipinski definition) is 0. The molecule has 0 spiro atoms. The van der Waals surface area contributed by atoms with Crippen LogP contribution in [-0.4, -0.2) is 18.9 Å². The van der Waals surface area contributed by atoms with Gasteiger partial charge in [0.2, 0.25) is 0 Å². The molecule has 4 nitrogen and oxygen atoms in total. The van der Waals surface area contributed by atoms with Gasteiger partial charge in [-0.2, -0.15) is 5.26 Å². The van der Waals surface area contributed by atoms with Crippen molar-refractivity contribution >= 4 is 11.8 Å². The number of ketones is 1. The Morgan fingerprint density at radius 3 is 1.79 bits per heavy atom. The molecular weight excluding hydrogens is 302 g/mol. The number of benzene rings is 2. The minimum atomic E-state index is -1.57. The van der Waals surface area contributed by atoms with Crippen molar-refractivity contribution in [1.82, 2.24) is 0 Å². The van der Waals surface area contributed by atoms with E-state index in [4.69, 9.17) is 4.74 Å². The summed E-state index contributed by atoms with van der Waals surface area (Å²) in [6, 6.07) is 19.5. The lowest BCUT2D eigenvalue weighted by Gasteiger charge is -2.32. The van der Waals surface area contributed by atoms with Crippen LogP contribution in [0.25, 0.3) is 0 Å². The minimum absolute atomic E-state index is 0.499. The Bertz CT molecular complexity index is 780. The highest BCUT2D eigenvalue weighted by molar-refractivity contribution is 6.14. The van der Waals surface area contributed by atoms with Crippen molar-refractivity contribution < 1.29 is 14.3 Å². The molecule has 0 N–H and O–H groups in total. The van der Waals surface area contributed by atoms with Crippen molar-refractivity contribution in [2.45, 2.75) is 24.7 Å². The monoisotopic (exact) mass is 321 g/mol. The first kappa shape index (κ1) is 17.4. The number of nitriles is 1. The molecule has 24 heavy (non-hydrogen) atoms. The quantitative estimate of drug-likeness (QED) is 0.626. The van der Waals surface area contributed by atoms with E-state index < -0.39 is 22.6 Å². The predicted molar refractivity (Wildman–Crippen MR) is 90.2 cm³/mol. The number of methoxy groups -OCH3 is 1. The van der Waals surface area contributed by atoms with Crippen molar-refractivity contribution in [1.29, 1.82) is 5.26 Å². The van der Waals surface area contributed by atoms with E-state index in [9.17, 15) is 14.9 Å². The SMILES string of the molecule is COC(=O)[C@](C)(C(=O)[C@@](C)(C#N)c1ccccc1)c1ccccc1. The molecular formula is C20H19NO3. The molecule has 0 aliphatic heterocycles. The molecule has 0 unspecified atom stereocenters. The number of rotatable bonds is 5. The van der Waals surface area contributed by atoms with E-state index in [1.807, 2.05) is 6.07 Å². The molecule has 0 aliphatic carbocycles. The summed E-state index contributed by atoms with van der Waals surface area (Å²) in [5, 5.41) is 9.75. The molecule has 0 fully saturated rings. The fourth-order valence-electron chi connectivity index (χ4n) is 2.84. The van der Waals surface area contributed by atoms with Crippen LogP contribution in [0.15, 0.2) is 60.7 Å². The van der Waals surface area contributed by atoms with E-state index in [2.05, 4.69) is 6.07 Å². The summed E-state index contributed by atoms with van der Waals surface area (Å²) in [6.07, 6.45) is 0. The second kappa shape index (κ2) is 6.67. The highest BCUT2D eigenvalue weighted by Crippen LogP contribution is 2.36. The van der Waals surface area contributed by atoms with E-state index in [1.54, 1.807) is 54.6 Å². The van der Waals surface area contributed by atoms with Crippen LogP contribution in [0.2, 0.25) is 0 Å². The summed E-state index contributed by atoms with van der Waals surface area (Å²) in [5.74, 6) is -1.20. The lowest BCUT2D eigenvalue weighted by molar-refractivity contribution is -0.152. The molecule has 0 aliphatic rings. The lowest BCUT2D eigenvalue weighted by atomic mass is 9.66. The number of nitrogens with zero attached hydrogens (tertiary/aromatic N) is 1. The Kier molecular flexibility index (Phi) is 4.85. The molecule has 2 aromatic rings. The summed E-state index contributed by atoms with van der Waals surface area (Å²) in [7, 11) is 1.24. The van der Waals surface area contributed by atoms with E-state index in [1.165, 1.54) is 21.0 Å². The highest BCUT2D eigenvalue weighted by Gasteiger charge is 2.52. The maximum atomic E-state index is 13.4. The number of hydrogen-bond acceptors (Lipinski definition) is 4. The molecule has 122 valence electrons. The third kappa shape index (κ3) is 2.69. The predicted octanol–water partition coefficient (Wildman–Crippen LogP) is 3.17. The van der Waals surface area contributed by atoms with Gasteiger partial charge >= 0.3 is 5.97 Å². The Hall–Kier alpha value is -2.93. The average Bonchev–Trinajstić information content (AvgIpc) is 2.66. The van der Waals surface area contributed by atoms with Crippen LogP contribution >= 0.6 is 0 Å². The molecule has 0 heterocycles. The van der Waals surface area contributed by atoms with Crippen LogP contribution in [0.5, 0.6) is 0 Å². The molecule has 0 aromatic heterocycles. The molecule has 0 amide bonds. The first-order valence-corrected chi connectivity index (χ1v) is 7.57. The Labute approximate surface area is 141 Å². The van der Waals surface area contributed by atoms with E-state index in [0.29, 0.717) is 11.1 Å². The summed E-state index contributed by atoms with van der Waals surface area (Å²) in [4.78, 5) is 25.9. The fraction of sp³-hybridized carbons (Fsp3) is 0.250. The van der Waals surface area contributed by atoms with Crippen molar-refractivity contribution in [3.8, 4) is 6.07 Å². The summed E-state index contributed by atoms with van der Waals surface area (Å²) >= 11 is 0. The summed E-state index contributed by atoms with van der Waals surface area (Å²) in [6.45, 7) is 3.05. The standard InChI is InChI=1S/C20H19NO3/c1-19(14-21,15-10-6-4-7-11-15)17(22)20(2,18(23)24-3)16-12-8-5-9-13-16/h4-13H,1-3H3/t19-,20-/m0/s1. The molecule has 0 radical (unpaired) electrons. The topological polar surface area (TPSA) is 67.2 Å². The first-order chi connectivity index (χ1) is 11.4. The third-order valence-electron chi connectivity index (χ3n) is 4.43. The smallest absolute Gasteiger partial charge is 0.323 e. The first-order valence-electron chi connectivity index (χ1n) is 7.57. The van der Waals surface area contributed by atoms with E-state index in [-0.39, 0.29) is 0 Å².